The van der Waals surface area contributed by atoms with Gasteiger partial charge < -0.3 is 14.2 Å². The van der Waals surface area contributed by atoms with E-state index in [2.05, 4.69) is 29.1 Å². The molecular weight excluding hydrogens is 228 g/mol. The summed E-state index contributed by atoms with van der Waals surface area (Å²) in [6, 6.07) is 12.0. The Hall–Kier alpha value is -2.23. The molecule has 0 saturated heterocycles. The van der Waals surface area contributed by atoms with Crippen LogP contribution in [0.25, 0.3) is 5.76 Å². The summed E-state index contributed by atoms with van der Waals surface area (Å²) in [6.45, 7) is 2.10. The lowest BCUT2D eigenvalue weighted by Crippen LogP contribution is -2.26. The molecule has 1 aromatic carbocycles. The lowest BCUT2D eigenvalue weighted by Gasteiger charge is -2.22. The summed E-state index contributed by atoms with van der Waals surface area (Å²) >= 11 is 0. The van der Waals surface area contributed by atoms with Crippen molar-refractivity contribution in [3.63, 3.8) is 0 Å². The maximum absolute atomic E-state index is 5.88. The first-order valence-electron chi connectivity index (χ1n) is 6.01. The van der Waals surface area contributed by atoms with E-state index in [9.17, 15) is 0 Å². The second-order valence-electron chi connectivity index (χ2n) is 4.09. The minimum atomic E-state index is 0.00694. The number of anilines is 1. The van der Waals surface area contributed by atoms with Gasteiger partial charge in [0.1, 0.15) is 0 Å². The third-order valence-corrected chi connectivity index (χ3v) is 2.91. The number of rotatable bonds is 3. The molecule has 0 bridgehead atoms. The molecule has 18 heavy (non-hydrogen) atoms. The maximum atomic E-state index is 5.88. The van der Waals surface area contributed by atoms with Crippen molar-refractivity contribution < 1.29 is 9.26 Å². The second-order valence-corrected chi connectivity index (χ2v) is 4.09. The van der Waals surface area contributed by atoms with Gasteiger partial charge in [0.05, 0.1) is 12.4 Å². The average Bonchev–Trinajstić information content (AvgIpc) is 3.08. The van der Waals surface area contributed by atoms with E-state index in [1.54, 1.807) is 12.3 Å². The molecule has 92 valence electrons. The molecule has 3 rings (SSSR count). The van der Waals surface area contributed by atoms with Crippen LogP contribution < -0.4 is 4.90 Å². The van der Waals surface area contributed by atoms with E-state index in [1.165, 1.54) is 0 Å². The van der Waals surface area contributed by atoms with Gasteiger partial charge >= 0.3 is 0 Å². The highest BCUT2D eigenvalue weighted by molar-refractivity contribution is 5.64. The molecule has 0 saturated carbocycles. The number of ether oxygens (including phenoxy) is 1. The minimum absolute atomic E-state index is 0.00694. The van der Waals surface area contributed by atoms with Gasteiger partial charge in [0.15, 0.2) is 12.0 Å². The summed E-state index contributed by atoms with van der Waals surface area (Å²) < 4.78 is 11.0. The zero-order valence-electron chi connectivity index (χ0n) is 10.1. The van der Waals surface area contributed by atoms with E-state index in [0.717, 1.165) is 17.9 Å². The van der Waals surface area contributed by atoms with Crippen LogP contribution in [0.5, 0.6) is 0 Å². The highest BCUT2D eigenvalue weighted by atomic mass is 16.5. The van der Waals surface area contributed by atoms with E-state index in [1.807, 2.05) is 24.4 Å². The fourth-order valence-electron chi connectivity index (χ4n) is 2.03. The fourth-order valence-corrected chi connectivity index (χ4v) is 2.03. The number of nitrogens with zero attached hydrogens (tertiary/aromatic N) is 2. The number of para-hydroxylation sites is 1. The quantitative estimate of drug-likeness (QED) is 0.828. The number of benzene rings is 1. The van der Waals surface area contributed by atoms with Crippen LogP contribution in [-0.2, 0) is 4.74 Å². The fraction of sp³-hybridized carbons (Fsp3) is 0.214. The van der Waals surface area contributed by atoms with Crippen molar-refractivity contribution >= 4 is 11.4 Å². The third-order valence-electron chi connectivity index (χ3n) is 2.91. The monoisotopic (exact) mass is 242 g/mol. The summed E-state index contributed by atoms with van der Waals surface area (Å²) in [7, 11) is 0. The molecule has 2 heterocycles. The van der Waals surface area contributed by atoms with Gasteiger partial charge in [-0.1, -0.05) is 30.3 Å². The Bertz CT molecular complexity index is 534. The van der Waals surface area contributed by atoms with Crippen LogP contribution in [0.2, 0.25) is 0 Å². The van der Waals surface area contributed by atoms with Crippen LogP contribution in [0.15, 0.2) is 53.3 Å². The molecule has 4 heteroatoms. The molecule has 1 aromatic heterocycles. The Morgan fingerprint density at radius 3 is 2.72 bits per heavy atom. The van der Waals surface area contributed by atoms with Crippen LogP contribution in [0.3, 0.4) is 0 Å². The molecule has 1 atom stereocenters. The molecular formula is C14H14N2O2. The van der Waals surface area contributed by atoms with Gasteiger partial charge in [0.2, 0.25) is 5.76 Å². The van der Waals surface area contributed by atoms with E-state index in [4.69, 9.17) is 9.26 Å². The predicted molar refractivity (Wildman–Crippen MR) is 68.6 cm³/mol. The van der Waals surface area contributed by atoms with Gasteiger partial charge in [0, 0.05) is 18.2 Å². The summed E-state index contributed by atoms with van der Waals surface area (Å²) in [5, 5.41) is 3.70. The van der Waals surface area contributed by atoms with Crippen molar-refractivity contribution in [1.29, 1.82) is 0 Å². The predicted octanol–water partition coefficient (Wildman–Crippen LogP) is 3.25. The number of aromatic nitrogens is 1. The summed E-state index contributed by atoms with van der Waals surface area (Å²) in [4.78, 5) is 2.11. The maximum Gasteiger partial charge on any atom is 0.203 e. The molecule has 1 aliphatic heterocycles. The SMILES string of the molecule is CCC1OC(c2ccno2)=CN1c1ccccc1. The van der Waals surface area contributed by atoms with Crippen molar-refractivity contribution in [2.24, 2.45) is 0 Å². The normalized spacial score (nSPS) is 18.6. The molecule has 0 radical (unpaired) electrons. The van der Waals surface area contributed by atoms with Crippen molar-refractivity contribution in [3.8, 4) is 0 Å². The van der Waals surface area contributed by atoms with Crippen molar-refractivity contribution in [2.45, 2.75) is 19.6 Å². The van der Waals surface area contributed by atoms with Gasteiger partial charge in [-0.15, -0.1) is 0 Å². The van der Waals surface area contributed by atoms with Crippen LogP contribution in [-0.4, -0.2) is 11.4 Å². The Morgan fingerprint density at radius 2 is 2.06 bits per heavy atom. The zero-order chi connectivity index (χ0) is 12.4. The number of hydrogen-bond donors (Lipinski definition) is 0. The van der Waals surface area contributed by atoms with E-state index in [-0.39, 0.29) is 6.23 Å². The molecule has 2 aromatic rings. The Labute approximate surface area is 105 Å². The molecule has 0 spiro atoms. The zero-order valence-corrected chi connectivity index (χ0v) is 10.1. The van der Waals surface area contributed by atoms with Crippen molar-refractivity contribution in [3.05, 3.63) is 54.6 Å². The van der Waals surface area contributed by atoms with Gasteiger partial charge in [-0.3, -0.25) is 0 Å². The molecule has 1 unspecified atom stereocenters. The van der Waals surface area contributed by atoms with Crippen LogP contribution in [0.1, 0.15) is 19.1 Å². The Balaban J connectivity index is 1.93. The first-order chi connectivity index (χ1) is 8.88. The molecule has 0 fully saturated rings. The van der Waals surface area contributed by atoms with Gasteiger partial charge in [-0.2, -0.15) is 0 Å². The van der Waals surface area contributed by atoms with Crippen molar-refractivity contribution in [2.75, 3.05) is 4.90 Å². The van der Waals surface area contributed by atoms with Crippen LogP contribution >= 0.6 is 0 Å². The average molecular weight is 242 g/mol. The molecule has 0 aliphatic carbocycles. The van der Waals surface area contributed by atoms with E-state index in [0.29, 0.717) is 5.76 Å². The van der Waals surface area contributed by atoms with Gasteiger partial charge in [-0.05, 0) is 12.1 Å². The Kier molecular flexibility index (Phi) is 2.76. The lowest BCUT2D eigenvalue weighted by molar-refractivity contribution is 0.180. The minimum Gasteiger partial charge on any atom is -0.465 e. The largest absolute Gasteiger partial charge is 0.465 e. The first kappa shape index (κ1) is 10.9. The van der Waals surface area contributed by atoms with Gasteiger partial charge in [-0.25, -0.2) is 0 Å². The highest BCUT2D eigenvalue weighted by Crippen LogP contribution is 2.31. The lowest BCUT2D eigenvalue weighted by atomic mass is 10.2. The third kappa shape index (κ3) is 1.86. The van der Waals surface area contributed by atoms with Crippen LogP contribution in [0, 0.1) is 0 Å². The molecule has 4 nitrogen and oxygen atoms in total. The van der Waals surface area contributed by atoms with E-state index < -0.39 is 0 Å². The van der Waals surface area contributed by atoms with Crippen LogP contribution in [0.4, 0.5) is 5.69 Å². The standard InChI is InChI=1S/C14H14N2O2/c1-2-14-16(11-6-4-3-5-7-11)10-13(17-14)12-8-9-15-18-12/h3-10,14H,2H2,1H3. The Morgan fingerprint density at radius 1 is 1.22 bits per heavy atom. The second kappa shape index (κ2) is 4.56. The van der Waals surface area contributed by atoms with Gasteiger partial charge in [0.25, 0.3) is 0 Å². The summed E-state index contributed by atoms with van der Waals surface area (Å²) in [6.07, 6.45) is 4.48. The highest BCUT2D eigenvalue weighted by Gasteiger charge is 2.27. The smallest absolute Gasteiger partial charge is 0.203 e. The number of hydrogen-bond acceptors (Lipinski definition) is 4. The molecule has 1 aliphatic rings. The molecule has 0 amide bonds. The molecule has 0 N–H and O–H groups in total. The van der Waals surface area contributed by atoms with E-state index >= 15 is 0 Å². The first-order valence-corrected chi connectivity index (χ1v) is 6.01. The summed E-state index contributed by atoms with van der Waals surface area (Å²) in [5.74, 6) is 1.38. The van der Waals surface area contributed by atoms with Crippen molar-refractivity contribution in [1.82, 2.24) is 5.16 Å². The topological polar surface area (TPSA) is 38.5 Å². The summed E-state index contributed by atoms with van der Waals surface area (Å²) in [5.41, 5.74) is 1.11.